The number of hydrogen-bond donors (Lipinski definition) is 2. The number of hydrogen-bond acceptors (Lipinski definition) is 12. The largest absolute Gasteiger partial charge is 0.388 e. The molecule has 1 aliphatic carbocycles. The van der Waals surface area contributed by atoms with E-state index in [1.165, 1.54) is 11.1 Å². The minimum atomic E-state index is -0.403. The molecule has 2 aliphatic rings. The van der Waals surface area contributed by atoms with Crippen LogP contribution in [-0.4, -0.2) is 118 Å². The van der Waals surface area contributed by atoms with E-state index in [0.717, 1.165) is 62.2 Å². The minimum absolute atomic E-state index is 0.188. The third kappa shape index (κ3) is 14.0. The van der Waals surface area contributed by atoms with Crippen LogP contribution < -0.4 is 15.5 Å². The molecular weight excluding hydrogens is 628 g/mol. The lowest BCUT2D eigenvalue weighted by Crippen LogP contribution is -2.40. The number of nitrogens with zero attached hydrogens (tertiary/aromatic N) is 6. The van der Waals surface area contributed by atoms with Crippen molar-refractivity contribution in [3.8, 4) is 6.07 Å². The van der Waals surface area contributed by atoms with E-state index >= 15 is 0 Å². The number of methoxy groups -OCH3 is 2. The Labute approximate surface area is 291 Å². The topological polar surface area (TPSA) is 170 Å². The fourth-order valence-electron chi connectivity index (χ4n) is 4.92. The first-order valence-electron chi connectivity index (χ1n) is 16.6. The Balaban J connectivity index is 0.00000120. The Morgan fingerprint density at radius 2 is 1.76 bits per heavy atom. The third-order valence-electron chi connectivity index (χ3n) is 7.54. The zero-order valence-electron chi connectivity index (χ0n) is 30.3. The van der Waals surface area contributed by atoms with Gasteiger partial charge in [-0.3, -0.25) is 19.9 Å². The van der Waals surface area contributed by atoms with Gasteiger partial charge < -0.3 is 29.3 Å². The maximum absolute atomic E-state index is 13.3. The summed E-state index contributed by atoms with van der Waals surface area (Å²) in [6, 6.07) is 5.55. The number of nitrogens with one attached hydrogen (secondary N) is 2. The lowest BCUT2D eigenvalue weighted by atomic mass is 9.89. The molecule has 3 heterocycles. The number of nitriles is 1. The second-order valence-electron chi connectivity index (χ2n) is 11.4. The Morgan fingerprint density at radius 1 is 1.10 bits per heavy atom. The number of rotatable bonds is 13. The number of urea groups is 1. The summed E-state index contributed by atoms with van der Waals surface area (Å²) in [5.41, 5.74) is 3.00. The molecular formula is C35H54N8O6. The molecule has 2 N–H and O–H groups in total. The molecule has 1 saturated carbocycles. The zero-order chi connectivity index (χ0) is 36.8. The van der Waals surface area contributed by atoms with Crippen molar-refractivity contribution in [3.05, 3.63) is 40.7 Å². The predicted molar refractivity (Wildman–Crippen MR) is 191 cm³/mol. The second kappa shape index (κ2) is 23.9. The van der Waals surface area contributed by atoms with Crippen molar-refractivity contribution in [1.29, 1.82) is 5.26 Å². The molecule has 0 spiro atoms. The summed E-state index contributed by atoms with van der Waals surface area (Å²) < 4.78 is 9.58. The summed E-state index contributed by atoms with van der Waals surface area (Å²) in [6.45, 7) is 8.59. The van der Waals surface area contributed by atoms with Crippen molar-refractivity contribution in [2.45, 2.75) is 71.6 Å². The Bertz CT molecular complexity index is 1360. The van der Waals surface area contributed by atoms with Crippen molar-refractivity contribution < 1.29 is 28.7 Å². The maximum Gasteiger partial charge on any atom is 0.328 e. The second-order valence-corrected chi connectivity index (χ2v) is 11.4. The molecule has 49 heavy (non-hydrogen) atoms. The Hall–Kier alpha value is -4.29. The Morgan fingerprint density at radius 3 is 2.33 bits per heavy atom. The summed E-state index contributed by atoms with van der Waals surface area (Å²) in [6.07, 6.45) is 7.95. The number of likely N-dealkylation sites (N-methyl/N-ethyl adjacent to an activating group) is 2. The van der Waals surface area contributed by atoms with Crippen LogP contribution in [0.5, 0.6) is 0 Å². The number of anilines is 3. The normalized spacial score (nSPS) is 15.7. The van der Waals surface area contributed by atoms with Crippen molar-refractivity contribution >= 4 is 42.2 Å². The highest BCUT2D eigenvalue weighted by molar-refractivity contribution is 6.01. The van der Waals surface area contributed by atoms with Gasteiger partial charge in [-0.25, -0.2) is 14.8 Å². The minimum Gasteiger partial charge on any atom is -0.388 e. The van der Waals surface area contributed by atoms with Gasteiger partial charge in [0.05, 0.1) is 23.9 Å². The SMILES string of the molecule is CC.CCC=O.COC.COC1CC(Nc2cc(NC(=O)N3CCCc4cc(CN(C)CCN(C)CC=O)c(C=O)nc43)ncc2C#N)C1. The fourth-order valence-corrected chi connectivity index (χ4v) is 4.92. The number of fused-ring (bicyclic) bond motifs is 1. The first kappa shape index (κ1) is 42.7. The quantitative estimate of drug-likeness (QED) is 0.290. The van der Waals surface area contributed by atoms with Crippen LogP contribution in [0.1, 0.15) is 73.6 Å². The van der Waals surface area contributed by atoms with E-state index in [2.05, 4.69) is 36.3 Å². The number of carbonyl (C=O) groups is 4. The monoisotopic (exact) mass is 682 g/mol. The van der Waals surface area contributed by atoms with Crippen molar-refractivity contribution in [2.24, 2.45) is 0 Å². The van der Waals surface area contributed by atoms with Crippen LogP contribution in [0.15, 0.2) is 18.3 Å². The molecule has 14 heteroatoms. The number of amides is 2. The van der Waals surface area contributed by atoms with Crippen LogP contribution in [0, 0.1) is 11.3 Å². The number of aromatic nitrogens is 2. The van der Waals surface area contributed by atoms with Crippen LogP contribution in [0.4, 0.5) is 22.1 Å². The highest BCUT2D eigenvalue weighted by Gasteiger charge is 2.30. The van der Waals surface area contributed by atoms with E-state index < -0.39 is 6.03 Å². The van der Waals surface area contributed by atoms with Gasteiger partial charge in [0.2, 0.25) is 0 Å². The van der Waals surface area contributed by atoms with Gasteiger partial charge in [0.1, 0.15) is 36.0 Å². The molecule has 0 saturated heterocycles. The molecule has 0 unspecified atom stereocenters. The molecule has 270 valence electrons. The summed E-state index contributed by atoms with van der Waals surface area (Å²) in [4.78, 5) is 59.6. The van der Waals surface area contributed by atoms with Crippen LogP contribution in [0.25, 0.3) is 0 Å². The zero-order valence-corrected chi connectivity index (χ0v) is 30.3. The van der Waals surface area contributed by atoms with Crippen molar-refractivity contribution in [3.63, 3.8) is 0 Å². The summed E-state index contributed by atoms with van der Waals surface area (Å²) in [5.74, 6) is 0.782. The van der Waals surface area contributed by atoms with E-state index in [1.54, 1.807) is 27.4 Å². The summed E-state index contributed by atoms with van der Waals surface area (Å²) >= 11 is 0. The molecule has 1 fully saturated rings. The van der Waals surface area contributed by atoms with E-state index in [-0.39, 0.29) is 12.1 Å². The van der Waals surface area contributed by atoms with E-state index in [1.807, 2.05) is 45.8 Å². The lowest BCUT2D eigenvalue weighted by molar-refractivity contribution is -0.109. The van der Waals surface area contributed by atoms with Gasteiger partial charge >= 0.3 is 6.03 Å². The molecule has 2 aromatic rings. The van der Waals surface area contributed by atoms with Crippen LogP contribution in [-0.2, 0) is 32.0 Å². The average molecular weight is 683 g/mol. The lowest BCUT2D eigenvalue weighted by Gasteiger charge is -2.35. The molecule has 2 amide bonds. The summed E-state index contributed by atoms with van der Waals surface area (Å²) in [5, 5.41) is 15.7. The average Bonchev–Trinajstić information content (AvgIpc) is 3.09. The smallest absolute Gasteiger partial charge is 0.328 e. The van der Waals surface area contributed by atoms with Crippen molar-refractivity contribution in [1.82, 2.24) is 19.8 Å². The van der Waals surface area contributed by atoms with Gasteiger partial charge in [0.25, 0.3) is 0 Å². The molecule has 4 rings (SSSR count). The molecule has 0 bridgehead atoms. The van der Waals surface area contributed by atoms with Gasteiger partial charge in [-0.05, 0) is 57.0 Å². The van der Waals surface area contributed by atoms with Crippen LogP contribution in [0.3, 0.4) is 0 Å². The standard InChI is InChI=1S/C28H36N8O4.C3H6O.C2H6O.C2H6/c1-34(9-10-37)7-8-35(2)17-20-11-19-5-4-6-36(27(19)32-25(20)18-38)28(39)33-26-14-24(21(15-29)16-30-26)31-22-12-23(13-22)40-3;1-2-3-4;1-3-2;1-2/h10-11,14,16,18,22-23H,4-9,12-13,17H2,1-3H3,(H2,30,31,33,39);3H,2H2,1H3;1-2H3;1-2H3. The third-order valence-corrected chi connectivity index (χ3v) is 7.54. The van der Waals surface area contributed by atoms with Crippen LogP contribution >= 0.6 is 0 Å². The first-order chi connectivity index (χ1) is 23.7. The van der Waals surface area contributed by atoms with Gasteiger partial charge in [-0.2, -0.15) is 5.26 Å². The van der Waals surface area contributed by atoms with E-state index in [4.69, 9.17) is 4.74 Å². The maximum atomic E-state index is 13.3. The number of carbonyl (C=O) groups excluding carboxylic acids is 4. The van der Waals surface area contributed by atoms with Gasteiger partial charge in [-0.15, -0.1) is 0 Å². The highest BCUT2D eigenvalue weighted by atomic mass is 16.5. The van der Waals surface area contributed by atoms with Crippen molar-refractivity contribution in [2.75, 3.05) is 77.1 Å². The first-order valence-corrected chi connectivity index (χ1v) is 16.6. The molecule has 14 nitrogen and oxygen atoms in total. The molecule has 0 atom stereocenters. The molecule has 2 aromatic heterocycles. The number of ether oxygens (including phenoxy) is 2. The van der Waals surface area contributed by atoms with Gasteiger partial charge in [0, 0.05) is 72.2 Å². The predicted octanol–water partition coefficient (Wildman–Crippen LogP) is 4.18. The number of aldehydes is 3. The van der Waals surface area contributed by atoms with E-state index in [9.17, 15) is 24.4 Å². The number of aryl methyl sites for hydroxylation is 1. The molecule has 0 aromatic carbocycles. The highest BCUT2D eigenvalue weighted by Crippen LogP contribution is 2.30. The van der Waals surface area contributed by atoms with E-state index in [0.29, 0.717) is 61.2 Å². The number of pyridine rings is 2. The fraction of sp³-hybridized carbons (Fsp3) is 0.571. The van der Waals surface area contributed by atoms with Crippen LogP contribution in [0.2, 0.25) is 0 Å². The van der Waals surface area contributed by atoms with Gasteiger partial charge in [-0.1, -0.05) is 20.8 Å². The van der Waals surface area contributed by atoms with Gasteiger partial charge in [0.15, 0.2) is 6.29 Å². The molecule has 0 radical (unpaired) electrons. The molecule has 1 aliphatic heterocycles. The summed E-state index contributed by atoms with van der Waals surface area (Å²) in [7, 11) is 8.78. The Kier molecular flexibility index (Phi) is 20.9.